The molecule has 27 heavy (non-hydrogen) atoms. The lowest BCUT2D eigenvalue weighted by Crippen LogP contribution is -2.46. The Labute approximate surface area is 156 Å². The standard InChI is InChI=1S/C18H24F3N3O3/c1-22-17(24-9-7-14(8-10-24)16(25)26-2)23-11-13-3-5-15(6-4-13)27-12-18(19,20)21/h3-6,14H,7-12H2,1-2H3,(H,22,23). The Morgan fingerprint density at radius 1 is 1.26 bits per heavy atom. The number of nitrogens with one attached hydrogen (secondary N) is 1. The molecule has 1 fully saturated rings. The second kappa shape index (κ2) is 9.48. The minimum Gasteiger partial charge on any atom is -0.484 e. The number of guanidine groups is 1. The summed E-state index contributed by atoms with van der Waals surface area (Å²) >= 11 is 0. The van der Waals surface area contributed by atoms with Gasteiger partial charge in [0.1, 0.15) is 5.75 Å². The summed E-state index contributed by atoms with van der Waals surface area (Å²) in [5, 5.41) is 3.23. The number of carbonyl (C=O) groups is 1. The first-order valence-corrected chi connectivity index (χ1v) is 8.64. The number of benzene rings is 1. The van der Waals surface area contributed by atoms with Gasteiger partial charge in [0.15, 0.2) is 12.6 Å². The lowest BCUT2D eigenvalue weighted by Gasteiger charge is -2.33. The number of aliphatic imine (C=N–C) groups is 1. The third kappa shape index (κ3) is 6.65. The minimum atomic E-state index is -4.35. The molecule has 0 amide bonds. The first-order chi connectivity index (χ1) is 12.8. The number of nitrogens with zero attached hydrogens (tertiary/aromatic N) is 2. The number of halogens is 3. The SMILES string of the molecule is CN=C(NCc1ccc(OCC(F)(F)F)cc1)N1CCC(C(=O)OC)CC1. The topological polar surface area (TPSA) is 63.2 Å². The maximum absolute atomic E-state index is 12.2. The van der Waals surface area contributed by atoms with Crippen LogP contribution in [0.4, 0.5) is 13.2 Å². The monoisotopic (exact) mass is 387 g/mol. The first kappa shape index (κ1) is 20.9. The molecule has 0 radical (unpaired) electrons. The van der Waals surface area contributed by atoms with Crippen LogP contribution in [-0.4, -0.2) is 56.9 Å². The molecule has 1 aliphatic rings. The zero-order chi connectivity index (χ0) is 19.9. The van der Waals surface area contributed by atoms with Crippen molar-refractivity contribution in [1.82, 2.24) is 10.2 Å². The molecule has 0 aliphatic carbocycles. The van der Waals surface area contributed by atoms with Crippen molar-refractivity contribution < 1.29 is 27.4 Å². The molecule has 1 saturated heterocycles. The molecule has 6 nitrogen and oxygen atoms in total. The predicted octanol–water partition coefficient (Wildman–Crippen LogP) is 2.59. The van der Waals surface area contributed by atoms with E-state index in [0.717, 1.165) is 11.5 Å². The van der Waals surface area contributed by atoms with Gasteiger partial charge in [0.05, 0.1) is 13.0 Å². The van der Waals surface area contributed by atoms with Gasteiger partial charge in [-0.2, -0.15) is 13.2 Å². The van der Waals surface area contributed by atoms with Crippen LogP contribution in [0.3, 0.4) is 0 Å². The van der Waals surface area contributed by atoms with Crippen molar-refractivity contribution in [2.75, 3.05) is 33.9 Å². The Kier molecular flexibility index (Phi) is 7.32. The molecule has 0 bridgehead atoms. The van der Waals surface area contributed by atoms with Gasteiger partial charge in [-0.05, 0) is 30.5 Å². The van der Waals surface area contributed by atoms with Crippen molar-refractivity contribution in [3.8, 4) is 5.75 Å². The molecule has 1 N–H and O–H groups in total. The van der Waals surface area contributed by atoms with Crippen molar-refractivity contribution in [2.24, 2.45) is 10.9 Å². The van der Waals surface area contributed by atoms with E-state index in [2.05, 4.69) is 15.2 Å². The Balaban J connectivity index is 1.81. The number of rotatable bonds is 5. The zero-order valence-electron chi connectivity index (χ0n) is 15.4. The van der Waals surface area contributed by atoms with Crippen molar-refractivity contribution >= 4 is 11.9 Å². The number of esters is 1. The Bertz CT molecular complexity index is 639. The van der Waals surface area contributed by atoms with Crippen LogP contribution in [0.2, 0.25) is 0 Å². The van der Waals surface area contributed by atoms with E-state index in [9.17, 15) is 18.0 Å². The van der Waals surface area contributed by atoms with Crippen LogP contribution in [-0.2, 0) is 16.1 Å². The Morgan fingerprint density at radius 3 is 2.41 bits per heavy atom. The highest BCUT2D eigenvalue weighted by molar-refractivity contribution is 5.80. The molecule has 0 unspecified atom stereocenters. The summed E-state index contributed by atoms with van der Waals surface area (Å²) in [7, 11) is 3.08. The molecule has 150 valence electrons. The highest BCUT2D eigenvalue weighted by atomic mass is 19.4. The molecule has 2 rings (SSSR count). The van der Waals surface area contributed by atoms with Crippen LogP contribution in [0, 0.1) is 5.92 Å². The van der Waals surface area contributed by atoms with E-state index in [1.54, 1.807) is 19.2 Å². The smallest absolute Gasteiger partial charge is 0.422 e. The highest BCUT2D eigenvalue weighted by Gasteiger charge is 2.28. The maximum atomic E-state index is 12.2. The third-order valence-electron chi connectivity index (χ3n) is 4.32. The lowest BCUT2D eigenvalue weighted by molar-refractivity contribution is -0.153. The van der Waals surface area contributed by atoms with E-state index < -0.39 is 12.8 Å². The summed E-state index contributed by atoms with van der Waals surface area (Å²) in [6.07, 6.45) is -2.94. The van der Waals surface area contributed by atoms with Gasteiger partial charge in [-0.3, -0.25) is 9.79 Å². The largest absolute Gasteiger partial charge is 0.484 e. The van der Waals surface area contributed by atoms with Crippen LogP contribution in [0.1, 0.15) is 18.4 Å². The highest BCUT2D eigenvalue weighted by Crippen LogP contribution is 2.20. The summed E-state index contributed by atoms with van der Waals surface area (Å²) in [5.74, 6) is 0.639. The molecule has 1 aromatic carbocycles. The molecule has 9 heteroatoms. The molecule has 0 atom stereocenters. The van der Waals surface area contributed by atoms with Gasteiger partial charge in [0.25, 0.3) is 0 Å². The molecular weight excluding hydrogens is 363 g/mol. The van der Waals surface area contributed by atoms with E-state index >= 15 is 0 Å². The van der Waals surface area contributed by atoms with Crippen LogP contribution < -0.4 is 10.1 Å². The average Bonchev–Trinajstić information content (AvgIpc) is 2.67. The summed E-state index contributed by atoms with van der Waals surface area (Å²) in [6, 6.07) is 6.42. The minimum absolute atomic E-state index is 0.0754. The number of hydrogen-bond acceptors (Lipinski definition) is 4. The van der Waals surface area contributed by atoms with Crippen LogP contribution in [0.5, 0.6) is 5.75 Å². The molecule has 0 saturated carbocycles. The maximum Gasteiger partial charge on any atom is 0.422 e. The van der Waals surface area contributed by atoms with E-state index in [0.29, 0.717) is 32.5 Å². The van der Waals surface area contributed by atoms with Gasteiger partial charge in [-0.15, -0.1) is 0 Å². The van der Waals surface area contributed by atoms with Gasteiger partial charge in [0.2, 0.25) is 0 Å². The van der Waals surface area contributed by atoms with E-state index in [-0.39, 0.29) is 17.6 Å². The summed E-state index contributed by atoms with van der Waals surface area (Å²) in [5.41, 5.74) is 0.889. The second-order valence-corrected chi connectivity index (χ2v) is 6.23. The van der Waals surface area contributed by atoms with E-state index in [4.69, 9.17) is 9.47 Å². The number of ether oxygens (including phenoxy) is 2. The summed E-state index contributed by atoms with van der Waals surface area (Å²) in [6.45, 7) is 0.565. The molecule has 1 heterocycles. The van der Waals surface area contributed by atoms with Crippen molar-refractivity contribution in [2.45, 2.75) is 25.6 Å². The quantitative estimate of drug-likeness (QED) is 0.478. The first-order valence-electron chi connectivity index (χ1n) is 8.64. The van der Waals surface area contributed by atoms with Crippen LogP contribution in [0.25, 0.3) is 0 Å². The molecule has 0 aromatic heterocycles. The predicted molar refractivity (Wildman–Crippen MR) is 94.5 cm³/mol. The van der Waals surface area contributed by atoms with E-state index in [1.165, 1.54) is 19.2 Å². The number of likely N-dealkylation sites (tertiary alicyclic amines) is 1. The fourth-order valence-electron chi connectivity index (χ4n) is 2.88. The number of piperidine rings is 1. The summed E-state index contributed by atoms with van der Waals surface area (Å²) < 4.78 is 45.9. The van der Waals surface area contributed by atoms with E-state index in [1.807, 2.05) is 0 Å². The number of carbonyl (C=O) groups excluding carboxylic acids is 1. The zero-order valence-corrected chi connectivity index (χ0v) is 15.4. The van der Waals surface area contributed by atoms with Gasteiger partial charge in [-0.25, -0.2) is 0 Å². The van der Waals surface area contributed by atoms with Crippen molar-refractivity contribution in [1.29, 1.82) is 0 Å². The molecular formula is C18H24F3N3O3. The fourth-order valence-corrected chi connectivity index (χ4v) is 2.88. The van der Waals surface area contributed by atoms with Gasteiger partial charge < -0.3 is 19.7 Å². The lowest BCUT2D eigenvalue weighted by atomic mass is 9.97. The number of methoxy groups -OCH3 is 1. The van der Waals surface area contributed by atoms with Gasteiger partial charge in [0, 0.05) is 26.7 Å². The molecule has 1 aromatic rings. The average molecular weight is 387 g/mol. The summed E-state index contributed by atoms with van der Waals surface area (Å²) in [4.78, 5) is 17.9. The van der Waals surface area contributed by atoms with Crippen LogP contribution in [0.15, 0.2) is 29.3 Å². The molecule has 1 aliphatic heterocycles. The third-order valence-corrected chi connectivity index (χ3v) is 4.32. The normalized spacial score (nSPS) is 16.2. The van der Waals surface area contributed by atoms with Crippen molar-refractivity contribution in [3.05, 3.63) is 29.8 Å². The fraction of sp³-hybridized carbons (Fsp3) is 0.556. The van der Waals surface area contributed by atoms with Gasteiger partial charge >= 0.3 is 12.1 Å². The van der Waals surface area contributed by atoms with Crippen molar-refractivity contribution in [3.63, 3.8) is 0 Å². The second-order valence-electron chi connectivity index (χ2n) is 6.23. The Morgan fingerprint density at radius 2 is 1.89 bits per heavy atom. The number of hydrogen-bond donors (Lipinski definition) is 1. The number of alkyl halides is 3. The Hall–Kier alpha value is -2.45. The van der Waals surface area contributed by atoms with Crippen LogP contribution >= 0.6 is 0 Å². The van der Waals surface area contributed by atoms with Gasteiger partial charge in [-0.1, -0.05) is 12.1 Å². The molecule has 0 spiro atoms.